The Bertz CT molecular complexity index is 881. The van der Waals surface area contributed by atoms with Gasteiger partial charge in [-0.25, -0.2) is 4.68 Å². The molecule has 1 aliphatic heterocycles. The van der Waals surface area contributed by atoms with Crippen LogP contribution in [0.2, 0.25) is 0 Å². The molecule has 0 fully saturated rings. The van der Waals surface area contributed by atoms with Gasteiger partial charge in [-0.15, -0.1) is 5.10 Å². The van der Waals surface area contributed by atoms with E-state index >= 15 is 0 Å². The Morgan fingerprint density at radius 1 is 1.23 bits per heavy atom. The highest BCUT2D eigenvalue weighted by Crippen LogP contribution is 2.40. The van der Waals surface area contributed by atoms with E-state index in [1.54, 1.807) is 4.68 Å². The number of tetrazole rings is 1. The summed E-state index contributed by atoms with van der Waals surface area (Å²) in [5.41, 5.74) is 2.05. The van der Waals surface area contributed by atoms with Gasteiger partial charge in [-0.1, -0.05) is 23.9 Å². The minimum Gasteiger partial charge on any atom is -0.328 e. The minimum atomic E-state index is -0.252. The van der Waals surface area contributed by atoms with Gasteiger partial charge < -0.3 is 9.80 Å². The van der Waals surface area contributed by atoms with Crippen molar-refractivity contribution < 1.29 is 4.79 Å². The Morgan fingerprint density at radius 3 is 2.38 bits per heavy atom. The number of aromatic nitrogens is 4. The van der Waals surface area contributed by atoms with Gasteiger partial charge in [0.15, 0.2) is 5.78 Å². The predicted octanol–water partition coefficient (Wildman–Crippen LogP) is 2.24. The number of nitrogens with zero attached hydrogens (tertiary/aromatic N) is 7. The summed E-state index contributed by atoms with van der Waals surface area (Å²) in [6.07, 6.45) is 0. The van der Waals surface area contributed by atoms with Crippen LogP contribution >= 0.6 is 11.8 Å². The molecule has 0 saturated carbocycles. The first-order valence-corrected chi connectivity index (χ1v) is 9.09. The van der Waals surface area contributed by atoms with E-state index < -0.39 is 0 Å². The van der Waals surface area contributed by atoms with E-state index in [0.717, 1.165) is 11.4 Å². The van der Waals surface area contributed by atoms with Crippen molar-refractivity contribution >= 4 is 28.9 Å². The number of benzene rings is 1. The molecule has 2 aromatic rings. The van der Waals surface area contributed by atoms with Crippen molar-refractivity contribution in [1.82, 2.24) is 20.2 Å². The lowest BCUT2D eigenvalue weighted by atomic mass is 10.2. The molecule has 9 heteroatoms. The molecule has 0 aliphatic carbocycles. The van der Waals surface area contributed by atoms with E-state index in [-0.39, 0.29) is 23.2 Å². The average molecular weight is 369 g/mol. The van der Waals surface area contributed by atoms with Crippen LogP contribution in [-0.4, -0.2) is 45.8 Å². The largest absolute Gasteiger partial charge is 0.328 e. The predicted molar refractivity (Wildman–Crippen MR) is 99.8 cm³/mol. The van der Waals surface area contributed by atoms with Crippen LogP contribution < -0.4 is 9.80 Å². The van der Waals surface area contributed by atoms with E-state index in [9.17, 15) is 10.1 Å². The molecule has 1 aromatic carbocycles. The molecule has 8 nitrogen and oxygen atoms in total. The molecular weight excluding hydrogens is 350 g/mol. The maximum absolute atomic E-state index is 12.7. The second-order valence-corrected chi connectivity index (χ2v) is 7.07. The number of nitriles is 1. The highest BCUT2D eigenvalue weighted by molar-refractivity contribution is 7.99. The number of hydrogen-bond acceptors (Lipinski definition) is 8. The fraction of sp³-hybridized carbons (Fsp3) is 0.353. The smallest absolute Gasteiger partial charge is 0.209 e. The van der Waals surface area contributed by atoms with Crippen LogP contribution in [0, 0.1) is 11.3 Å². The molecule has 0 amide bonds. The fourth-order valence-electron chi connectivity index (χ4n) is 2.86. The molecule has 134 valence electrons. The highest BCUT2D eigenvalue weighted by Gasteiger charge is 2.31. The van der Waals surface area contributed by atoms with Crippen LogP contribution in [0.25, 0.3) is 0 Å². The standard InChI is InChI=1S/C17H19N7OS/c1-11(2)24-17(19-20-21-24)26-10-15(25)12(9-18)16-22(3)13-7-5-6-8-14(13)23(16)4/h5-8,11H,10H2,1-4H3. The molecule has 1 aromatic heterocycles. The van der Waals surface area contributed by atoms with E-state index in [1.807, 2.05) is 62.0 Å². The molecule has 2 heterocycles. The van der Waals surface area contributed by atoms with Gasteiger partial charge in [0.25, 0.3) is 0 Å². The van der Waals surface area contributed by atoms with Crippen molar-refractivity contribution in [3.8, 4) is 6.07 Å². The summed E-state index contributed by atoms with van der Waals surface area (Å²) < 4.78 is 1.65. The molecule has 0 bridgehead atoms. The number of carbonyl (C=O) groups is 1. The van der Waals surface area contributed by atoms with Gasteiger partial charge in [-0.05, 0) is 36.4 Å². The van der Waals surface area contributed by atoms with Gasteiger partial charge in [-0.2, -0.15) is 5.26 Å². The number of hydrogen-bond donors (Lipinski definition) is 0. The Hall–Kier alpha value is -2.86. The number of anilines is 2. The Kier molecular flexibility index (Phi) is 4.95. The van der Waals surface area contributed by atoms with Gasteiger partial charge in [-0.3, -0.25) is 4.79 Å². The lowest BCUT2D eigenvalue weighted by Crippen LogP contribution is -2.26. The molecule has 0 atom stereocenters. The Balaban J connectivity index is 1.85. The number of Topliss-reactive ketones (excluding diaryl/α,β-unsaturated/α-hetero) is 1. The van der Waals surface area contributed by atoms with Crippen LogP contribution in [0.5, 0.6) is 0 Å². The summed E-state index contributed by atoms with van der Waals surface area (Å²) >= 11 is 1.23. The topological polar surface area (TPSA) is 90.9 Å². The first kappa shape index (κ1) is 17.9. The quantitative estimate of drug-likeness (QED) is 0.450. The average Bonchev–Trinajstić information content (AvgIpc) is 3.20. The van der Waals surface area contributed by atoms with Gasteiger partial charge >= 0.3 is 0 Å². The summed E-state index contributed by atoms with van der Waals surface area (Å²) in [5, 5.41) is 21.7. The molecule has 0 N–H and O–H groups in total. The van der Waals surface area contributed by atoms with Crippen molar-refractivity contribution in [2.24, 2.45) is 0 Å². The second-order valence-electron chi connectivity index (χ2n) is 6.13. The molecule has 26 heavy (non-hydrogen) atoms. The Morgan fingerprint density at radius 2 is 1.85 bits per heavy atom. The maximum atomic E-state index is 12.7. The highest BCUT2D eigenvalue weighted by atomic mass is 32.2. The second kappa shape index (κ2) is 7.17. The van der Waals surface area contributed by atoms with Crippen molar-refractivity contribution in [2.45, 2.75) is 25.0 Å². The van der Waals surface area contributed by atoms with Crippen molar-refractivity contribution in [3.05, 3.63) is 35.7 Å². The first-order chi connectivity index (χ1) is 12.5. The molecule has 0 unspecified atom stereocenters. The normalized spacial score (nSPS) is 13.2. The monoisotopic (exact) mass is 369 g/mol. The third-order valence-electron chi connectivity index (χ3n) is 4.14. The third-order valence-corrected chi connectivity index (χ3v) is 5.07. The number of thioether (sulfide) groups is 1. The fourth-order valence-corrected chi connectivity index (χ4v) is 3.74. The summed E-state index contributed by atoms with van der Waals surface area (Å²) in [5.74, 6) is 0.428. The summed E-state index contributed by atoms with van der Waals surface area (Å²) in [6, 6.07) is 9.97. The van der Waals surface area contributed by atoms with Gasteiger partial charge in [0.2, 0.25) is 5.16 Å². The number of para-hydroxylation sites is 2. The van der Waals surface area contributed by atoms with Crippen molar-refractivity contribution in [2.75, 3.05) is 29.6 Å². The third kappa shape index (κ3) is 3.04. The van der Waals surface area contributed by atoms with E-state index in [0.29, 0.717) is 11.0 Å². The van der Waals surface area contributed by atoms with Crippen LogP contribution in [0.3, 0.4) is 0 Å². The molecule has 3 rings (SSSR count). The summed E-state index contributed by atoms with van der Waals surface area (Å²) in [7, 11) is 3.71. The molecule has 0 spiro atoms. The van der Waals surface area contributed by atoms with E-state index in [1.165, 1.54) is 11.8 Å². The number of carbonyl (C=O) groups excluding carboxylic acids is 1. The van der Waals surface area contributed by atoms with Crippen LogP contribution in [0.15, 0.2) is 40.8 Å². The molecular formula is C17H19N7OS. The van der Waals surface area contributed by atoms with Gasteiger partial charge in [0.05, 0.1) is 23.2 Å². The zero-order chi connectivity index (χ0) is 18.8. The summed E-state index contributed by atoms with van der Waals surface area (Å²) in [4.78, 5) is 16.5. The zero-order valence-electron chi connectivity index (χ0n) is 15.0. The van der Waals surface area contributed by atoms with Crippen LogP contribution in [0.1, 0.15) is 19.9 Å². The molecule has 1 aliphatic rings. The van der Waals surface area contributed by atoms with E-state index in [2.05, 4.69) is 21.6 Å². The minimum absolute atomic E-state index is 0.0948. The van der Waals surface area contributed by atoms with Crippen molar-refractivity contribution in [3.63, 3.8) is 0 Å². The summed E-state index contributed by atoms with van der Waals surface area (Å²) in [6.45, 7) is 3.93. The number of ketones is 1. The number of rotatable bonds is 5. The first-order valence-electron chi connectivity index (χ1n) is 8.10. The lowest BCUT2D eigenvalue weighted by Gasteiger charge is -2.19. The maximum Gasteiger partial charge on any atom is 0.209 e. The Labute approximate surface area is 156 Å². The number of allylic oxidation sites excluding steroid dienone is 1. The van der Waals surface area contributed by atoms with E-state index in [4.69, 9.17) is 0 Å². The zero-order valence-corrected chi connectivity index (χ0v) is 15.9. The van der Waals surface area contributed by atoms with Gasteiger partial charge in [0, 0.05) is 14.1 Å². The lowest BCUT2D eigenvalue weighted by molar-refractivity contribution is -0.112. The number of fused-ring (bicyclic) bond motifs is 1. The van der Waals surface area contributed by atoms with Crippen LogP contribution in [-0.2, 0) is 4.79 Å². The SMILES string of the molecule is CC(C)n1nnnc1SCC(=O)C(C#N)=C1N(C)c2ccccc2N1C. The van der Waals surface area contributed by atoms with Gasteiger partial charge in [0.1, 0.15) is 17.5 Å². The van der Waals surface area contributed by atoms with Crippen molar-refractivity contribution in [1.29, 1.82) is 5.26 Å². The van der Waals surface area contributed by atoms with Crippen LogP contribution in [0.4, 0.5) is 11.4 Å². The molecule has 0 saturated heterocycles. The molecule has 0 radical (unpaired) electrons.